The molecule has 5 rings (SSSR count). The second-order valence-electron chi connectivity index (χ2n) is 8.21. The molecule has 1 atom stereocenters. The van der Waals surface area contributed by atoms with Crippen LogP contribution in [0.2, 0.25) is 0 Å². The Bertz CT molecular complexity index is 1150. The Hall–Kier alpha value is -2.95. The van der Waals surface area contributed by atoms with Gasteiger partial charge in [0.1, 0.15) is 5.82 Å². The van der Waals surface area contributed by atoms with Crippen molar-refractivity contribution in [2.45, 2.75) is 50.6 Å². The van der Waals surface area contributed by atoms with Gasteiger partial charge in [-0.1, -0.05) is 36.4 Å². The predicted molar refractivity (Wildman–Crippen MR) is 113 cm³/mol. The summed E-state index contributed by atoms with van der Waals surface area (Å²) in [4.78, 5) is 32.6. The molecule has 1 aromatic heterocycles. The standard InChI is InChI=1S/C24H25N3O2/c1-26(21-13-10-16-6-2-3-7-18(16)21)23(28)15-14-22-25-20-9-5-4-8-19(20)24(29)27(22)17-11-12-17/h2-9,17,21H,10-15H2,1H3. The molecule has 1 fully saturated rings. The number of hydrogen-bond donors (Lipinski definition) is 0. The number of aromatic nitrogens is 2. The molecule has 29 heavy (non-hydrogen) atoms. The molecule has 0 saturated heterocycles. The van der Waals surface area contributed by atoms with Gasteiger partial charge >= 0.3 is 0 Å². The minimum atomic E-state index is 0.0265. The fourth-order valence-corrected chi connectivity index (χ4v) is 4.58. The highest BCUT2D eigenvalue weighted by atomic mass is 16.2. The second-order valence-corrected chi connectivity index (χ2v) is 8.21. The fourth-order valence-electron chi connectivity index (χ4n) is 4.58. The van der Waals surface area contributed by atoms with Crippen LogP contribution < -0.4 is 5.56 Å². The third kappa shape index (κ3) is 3.24. The maximum Gasteiger partial charge on any atom is 0.261 e. The average Bonchev–Trinajstić information content (AvgIpc) is 3.49. The summed E-state index contributed by atoms with van der Waals surface area (Å²) < 4.78 is 1.83. The summed E-state index contributed by atoms with van der Waals surface area (Å²) in [7, 11) is 1.90. The van der Waals surface area contributed by atoms with Gasteiger partial charge in [-0.2, -0.15) is 0 Å². The van der Waals surface area contributed by atoms with Crippen LogP contribution in [-0.2, 0) is 17.6 Å². The summed E-state index contributed by atoms with van der Waals surface area (Å²) in [6.45, 7) is 0. The third-order valence-electron chi connectivity index (χ3n) is 6.32. The van der Waals surface area contributed by atoms with Crippen LogP contribution >= 0.6 is 0 Å². The van der Waals surface area contributed by atoms with E-state index in [-0.39, 0.29) is 23.6 Å². The molecule has 5 heteroatoms. The molecule has 148 valence electrons. The van der Waals surface area contributed by atoms with Crippen molar-refractivity contribution in [2.75, 3.05) is 7.05 Å². The summed E-state index contributed by atoms with van der Waals surface area (Å²) >= 11 is 0. The molecule has 1 saturated carbocycles. The average molecular weight is 387 g/mol. The maximum absolute atomic E-state index is 13.0. The predicted octanol–water partition coefficient (Wildman–Crippen LogP) is 3.81. The van der Waals surface area contributed by atoms with Gasteiger partial charge in [-0.05, 0) is 48.9 Å². The summed E-state index contributed by atoms with van der Waals surface area (Å²) in [5.41, 5.74) is 3.35. The Labute approximate surface area is 170 Å². The lowest BCUT2D eigenvalue weighted by Crippen LogP contribution is -2.31. The van der Waals surface area contributed by atoms with Gasteiger partial charge in [0.05, 0.1) is 16.9 Å². The van der Waals surface area contributed by atoms with E-state index in [1.165, 1.54) is 11.1 Å². The molecule has 2 aromatic carbocycles. The second kappa shape index (κ2) is 7.14. The molecule has 2 aliphatic carbocycles. The highest BCUT2D eigenvalue weighted by Crippen LogP contribution is 2.36. The number of carbonyl (C=O) groups excluding carboxylic acids is 1. The maximum atomic E-state index is 13.0. The van der Waals surface area contributed by atoms with Gasteiger partial charge in [-0.25, -0.2) is 4.98 Å². The zero-order chi connectivity index (χ0) is 20.0. The summed E-state index contributed by atoms with van der Waals surface area (Å²) in [6.07, 6.45) is 4.88. The molecule has 0 spiro atoms. The molecule has 2 aliphatic rings. The van der Waals surface area contributed by atoms with E-state index in [0.717, 1.165) is 37.0 Å². The van der Waals surface area contributed by atoms with E-state index in [0.29, 0.717) is 18.2 Å². The summed E-state index contributed by atoms with van der Waals surface area (Å²) in [6, 6.07) is 16.3. The first kappa shape index (κ1) is 18.1. The van der Waals surface area contributed by atoms with E-state index in [4.69, 9.17) is 4.98 Å². The van der Waals surface area contributed by atoms with Gasteiger partial charge in [-0.3, -0.25) is 14.2 Å². The van der Waals surface area contributed by atoms with Crippen LogP contribution in [0.5, 0.6) is 0 Å². The van der Waals surface area contributed by atoms with E-state index in [1.54, 1.807) is 0 Å². The van der Waals surface area contributed by atoms with Gasteiger partial charge < -0.3 is 4.90 Å². The zero-order valence-corrected chi connectivity index (χ0v) is 16.7. The molecule has 0 aliphatic heterocycles. The molecular weight excluding hydrogens is 362 g/mol. The van der Waals surface area contributed by atoms with Crippen molar-refractivity contribution in [2.24, 2.45) is 0 Å². The molecule has 1 heterocycles. The number of fused-ring (bicyclic) bond motifs is 2. The van der Waals surface area contributed by atoms with Crippen molar-refractivity contribution in [3.63, 3.8) is 0 Å². The van der Waals surface area contributed by atoms with E-state index in [2.05, 4.69) is 18.2 Å². The Morgan fingerprint density at radius 3 is 2.69 bits per heavy atom. The number of para-hydroxylation sites is 1. The smallest absolute Gasteiger partial charge is 0.261 e. The first-order chi connectivity index (χ1) is 14.1. The van der Waals surface area contributed by atoms with Crippen LogP contribution in [0.15, 0.2) is 53.3 Å². The van der Waals surface area contributed by atoms with Crippen LogP contribution in [0.1, 0.15) is 54.7 Å². The Morgan fingerprint density at radius 2 is 1.86 bits per heavy atom. The van der Waals surface area contributed by atoms with Gasteiger partial charge in [0.25, 0.3) is 5.56 Å². The number of hydrogen-bond acceptors (Lipinski definition) is 3. The minimum absolute atomic E-state index is 0.0265. The summed E-state index contributed by atoms with van der Waals surface area (Å²) in [5, 5.41) is 0.661. The number of amides is 1. The van der Waals surface area contributed by atoms with Crippen LogP contribution in [0.4, 0.5) is 0 Å². The fraction of sp³-hybridized carbons (Fsp3) is 0.375. The Morgan fingerprint density at radius 1 is 1.10 bits per heavy atom. The van der Waals surface area contributed by atoms with Crippen molar-refractivity contribution in [1.82, 2.24) is 14.5 Å². The quantitative estimate of drug-likeness (QED) is 0.669. The Balaban J connectivity index is 1.37. The van der Waals surface area contributed by atoms with Crippen LogP contribution in [0.3, 0.4) is 0 Å². The first-order valence-electron chi connectivity index (χ1n) is 10.5. The minimum Gasteiger partial charge on any atom is -0.339 e. The summed E-state index contributed by atoms with van der Waals surface area (Å²) in [5.74, 6) is 0.848. The molecule has 5 nitrogen and oxygen atoms in total. The molecular formula is C24H25N3O2. The Kier molecular flexibility index (Phi) is 4.46. The lowest BCUT2D eigenvalue weighted by Gasteiger charge is -2.25. The van der Waals surface area contributed by atoms with Crippen molar-refractivity contribution >= 4 is 16.8 Å². The normalized spacial score (nSPS) is 18.0. The number of benzene rings is 2. The largest absolute Gasteiger partial charge is 0.339 e. The van der Waals surface area contributed by atoms with Crippen molar-refractivity contribution in [1.29, 1.82) is 0 Å². The molecule has 0 N–H and O–H groups in total. The van der Waals surface area contributed by atoms with Gasteiger partial charge in [0, 0.05) is 25.9 Å². The van der Waals surface area contributed by atoms with E-state index in [9.17, 15) is 9.59 Å². The van der Waals surface area contributed by atoms with Gasteiger partial charge in [-0.15, -0.1) is 0 Å². The highest BCUT2D eigenvalue weighted by molar-refractivity contribution is 5.78. The van der Waals surface area contributed by atoms with E-state index < -0.39 is 0 Å². The van der Waals surface area contributed by atoms with Crippen LogP contribution in [0.25, 0.3) is 10.9 Å². The number of nitrogens with zero attached hydrogens (tertiary/aromatic N) is 3. The number of rotatable bonds is 5. The molecule has 1 unspecified atom stereocenters. The monoisotopic (exact) mass is 387 g/mol. The lowest BCUT2D eigenvalue weighted by atomic mass is 10.1. The zero-order valence-electron chi connectivity index (χ0n) is 16.7. The van der Waals surface area contributed by atoms with Crippen molar-refractivity contribution in [3.05, 3.63) is 75.8 Å². The molecule has 0 radical (unpaired) electrons. The van der Waals surface area contributed by atoms with E-state index in [1.807, 2.05) is 46.8 Å². The SMILES string of the molecule is CN(C(=O)CCc1nc2ccccc2c(=O)n1C1CC1)C1CCc2ccccc21. The van der Waals surface area contributed by atoms with E-state index >= 15 is 0 Å². The number of aryl methyl sites for hydroxylation is 2. The first-order valence-corrected chi connectivity index (χ1v) is 10.5. The third-order valence-corrected chi connectivity index (χ3v) is 6.32. The molecule has 1 amide bonds. The van der Waals surface area contributed by atoms with Crippen molar-refractivity contribution in [3.8, 4) is 0 Å². The molecule has 3 aromatic rings. The number of carbonyl (C=O) groups is 1. The molecule has 0 bridgehead atoms. The highest BCUT2D eigenvalue weighted by Gasteiger charge is 2.30. The van der Waals surface area contributed by atoms with Gasteiger partial charge in [0.2, 0.25) is 5.91 Å². The van der Waals surface area contributed by atoms with Crippen LogP contribution in [-0.4, -0.2) is 27.4 Å². The van der Waals surface area contributed by atoms with Crippen molar-refractivity contribution < 1.29 is 4.79 Å². The van der Waals surface area contributed by atoms with Crippen LogP contribution in [0, 0.1) is 0 Å². The van der Waals surface area contributed by atoms with Gasteiger partial charge in [0.15, 0.2) is 0 Å². The lowest BCUT2D eigenvalue weighted by molar-refractivity contribution is -0.132. The topological polar surface area (TPSA) is 55.2 Å².